The summed E-state index contributed by atoms with van der Waals surface area (Å²) in [4.78, 5) is 11.8. The molecule has 1 aliphatic carbocycles. The second-order valence-electron chi connectivity index (χ2n) is 8.17. The molecule has 2 aliphatic rings. The fraction of sp³-hybridized carbons (Fsp3) is 0.333. The summed E-state index contributed by atoms with van der Waals surface area (Å²) >= 11 is 0. The van der Waals surface area contributed by atoms with Crippen molar-refractivity contribution in [3.63, 3.8) is 0 Å². The van der Waals surface area contributed by atoms with E-state index in [-0.39, 0.29) is 9.79 Å². The highest BCUT2D eigenvalue weighted by molar-refractivity contribution is 7.91. The summed E-state index contributed by atoms with van der Waals surface area (Å²) in [5, 5.41) is 0. The summed E-state index contributed by atoms with van der Waals surface area (Å²) in [6.45, 7) is 2.71. The first-order chi connectivity index (χ1) is 15.1. The molecule has 0 bridgehead atoms. The van der Waals surface area contributed by atoms with Crippen molar-refractivity contribution in [2.75, 3.05) is 31.2 Å². The molecule has 6 nitrogen and oxygen atoms in total. The second kappa shape index (κ2) is 8.40. The minimum absolute atomic E-state index is 0.278. The van der Waals surface area contributed by atoms with Gasteiger partial charge in [0, 0.05) is 43.2 Å². The summed E-state index contributed by atoms with van der Waals surface area (Å²) in [6, 6.07) is 14.1. The number of benzene rings is 2. The zero-order valence-corrected chi connectivity index (χ0v) is 18.1. The third kappa shape index (κ3) is 4.48. The van der Waals surface area contributed by atoms with E-state index in [1.807, 2.05) is 24.5 Å². The Bertz CT molecular complexity index is 1150. The molecule has 1 aliphatic heterocycles. The first kappa shape index (κ1) is 20.2. The van der Waals surface area contributed by atoms with Crippen LogP contribution in [0, 0.1) is 5.92 Å². The van der Waals surface area contributed by atoms with Gasteiger partial charge in [-0.25, -0.2) is 18.4 Å². The normalized spacial score (nSPS) is 17.0. The summed E-state index contributed by atoms with van der Waals surface area (Å²) in [7, 11) is -3.65. The Morgan fingerprint density at radius 1 is 0.903 bits per heavy atom. The van der Waals surface area contributed by atoms with Gasteiger partial charge in [-0.2, -0.15) is 0 Å². The van der Waals surface area contributed by atoms with Crippen LogP contribution in [-0.2, 0) is 21.0 Å². The predicted octanol–water partition coefficient (Wildman–Crippen LogP) is 3.77. The lowest BCUT2D eigenvalue weighted by Crippen LogP contribution is -2.36. The maximum absolute atomic E-state index is 13.4. The number of ether oxygens (including phenoxy) is 1. The average molecular weight is 436 g/mol. The number of nitrogens with zero attached hydrogens (tertiary/aromatic N) is 3. The van der Waals surface area contributed by atoms with Gasteiger partial charge in [-0.1, -0.05) is 18.2 Å². The smallest absolute Gasteiger partial charge is 0.206 e. The van der Waals surface area contributed by atoms with Crippen molar-refractivity contribution in [1.82, 2.24) is 9.97 Å². The van der Waals surface area contributed by atoms with Gasteiger partial charge in [0.1, 0.15) is 5.82 Å². The van der Waals surface area contributed by atoms with Gasteiger partial charge in [-0.3, -0.25) is 0 Å². The van der Waals surface area contributed by atoms with Crippen molar-refractivity contribution in [3.8, 4) is 11.1 Å². The molecule has 1 saturated carbocycles. The van der Waals surface area contributed by atoms with Gasteiger partial charge in [0.05, 0.1) is 23.0 Å². The number of hydrogen-bond acceptors (Lipinski definition) is 6. The Labute approximate surface area is 182 Å². The lowest BCUT2D eigenvalue weighted by Gasteiger charge is -2.29. The van der Waals surface area contributed by atoms with Crippen LogP contribution in [0.4, 0.5) is 5.69 Å². The van der Waals surface area contributed by atoms with E-state index in [0.717, 1.165) is 48.1 Å². The van der Waals surface area contributed by atoms with Gasteiger partial charge >= 0.3 is 0 Å². The lowest BCUT2D eigenvalue weighted by molar-refractivity contribution is 0.122. The first-order valence-electron chi connectivity index (χ1n) is 10.7. The van der Waals surface area contributed by atoms with Crippen molar-refractivity contribution < 1.29 is 13.2 Å². The molecule has 0 amide bonds. The van der Waals surface area contributed by atoms with E-state index in [4.69, 9.17) is 4.74 Å². The zero-order chi connectivity index (χ0) is 21.3. The van der Waals surface area contributed by atoms with E-state index >= 15 is 0 Å². The summed E-state index contributed by atoms with van der Waals surface area (Å²) in [5.74, 6) is 1.57. The topological polar surface area (TPSA) is 72.4 Å². The van der Waals surface area contributed by atoms with E-state index in [1.54, 1.807) is 36.4 Å². The van der Waals surface area contributed by atoms with E-state index in [9.17, 15) is 8.42 Å². The van der Waals surface area contributed by atoms with Crippen molar-refractivity contribution in [3.05, 3.63) is 66.7 Å². The fourth-order valence-electron chi connectivity index (χ4n) is 3.83. The van der Waals surface area contributed by atoms with Gasteiger partial charge in [-0.05, 0) is 54.7 Å². The molecule has 0 atom stereocenters. The zero-order valence-electron chi connectivity index (χ0n) is 17.3. The molecule has 0 radical (unpaired) electrons. The van der Waals surface area contributed by atoms with Gasteiger partial charge in [0.2, 0.25) is 9.84 Å². The fourth-order valence-corrected chi connectivity index (χ4v) is 5.18. The minimum Gasteiger partial charge on any atom is -0.378 e. The highest BCUT2D eigenvalue weighted by Gasteiger charge is 2.24. The van der Waals surface area contributed by atoms with Crippen molar-refractivity contribution >= 4 is 15.5 Å². The molecule has 2 aromatic carbocycles. The average Bonchev–Trinajstić information content (AvgIpc) is 3.64. The van der Waals surface area contributed by atoms with Crippen LogP contribution in [-0.4, -0.2) is 44.7 Å². The molecule has 0 spiro atoms. The second-order valence-corrected chi connectivity index (χ2v) is 10.1. The molecule has 1 saturated heterocycles. The summed E-state index contributed by atoms with van der Waals surface area (Å²) in [5.41, 5.74) is 2.49. The van der Waals surface area contributed by atoms with Crippen molar-refractivity contribution in [2.24, 2.45) is 5.92 Å². The van der Waals surface area contributed by atoms with Gasteiger partial charge in [-0.15, -0.1) is 0 Å². The molecular formula is C24H25N3O3S. The summed E-state index contributed by atoms with van der Waals surface area (Å²) in [6.07, 6.45) is 7.05. The number of anilines is 1. The number of rotatable bonds is 6. The molecular weight excluding hydrogens is 410 g/mol. The number of aromatic nitrogens is 2. The Kier molecular flexibility index (Phi) is 5.46. The Hall–Kier alpha value is -2.77. The highest BCUT2D eigenvalue weighted by atomic mass is 32.2. The van der Waals surface area contributed by atoms with E-state index in [1.165, 1.54) is 12.8 Å². The third-order valence-electron chi connectivity index (χ3n) is 5.84. The molecule has 5 rings (SSSR count). The highest BCUT2D eigenvalue weighted by Crippen LogP contribution is 2.33. The third-order valence-corrected chi connectivity index (χ3v) is 7.59. The van der Waals surface area contributed by atoms with Gasteiger partial charge in [0.15, 0.2) is 0 Å². The van der Waals surface area contributed by atoms with E-state index in [2.05, 4.69) is 14.9 Å². The van der Waals surface area contributed by atoms with E-state index < -0.39 is 9.84 Å². The minimum atomic E-state index is -3.65. The standard InChI is InChI=1S/C24H25N3O3S/c28-31(29,22-4-2-1-3-5-22)23-14-19(13-21(15-23)27-8-10-30-11-9-27)20-16-25-24(26-17-20)12-18-6-7-18/h1-5,13-18H,6-12H2. The Balaban J connectivity index is 1.56. The quantitative estimate of drug-likeness (QED) is 0.587. The molecule has 2 fully saturated rings. The lowest BCUT2D eigenvalue weighted by atomic mass is 10.1. The predicted molar refractivity (Wildman–Crippen MR) is 119 cm³/mol. The van der Waals surface area contributed by atoms with Crippen LogP contribution in [0.1, 0.15) is 18.7 Å². The van der Waals surface area contributed by atoms with Crippen LogP contribution in [0.5, 0.6) is 0 Å². The summed E-state index contributed by atoms with van der Waals surface area (Å²) < 4.78 is 32.2. The van der Waals surface area contributed by atoms with Crippen LogP contribution in [0.2, 0.25) is 0 Å². The van der Waals surface area contributed by atoms with Crippen molar-refractivity contribution in [2.45, 2.75) is 29.1 Å². The van der Waals surface area contributed by atoms with Crippen LogP contribution < -0.4 is 4.90 Å². The number of sulfone groups is 1. The molecule has 31 heavy (non-hydrogen) atoms. The van der Waals surface area contributed by atoms with Crippen molar-refractivity contribution in [1.29, 1.82) is 0 Å². The molecule has 2 heterocycles. The molecule has 160 valence electrons. The van der Waals surface area contributed by atoms with Crippen LogP contribution in [0.15, 0.2) is 70.7 Å². The maximum atomic E-state index is 13.4. The van der Waals surface area contributed by atoms with Gasteiger partial charge in [0.25, 0.3) is 0 Å². The number of morpholine rings is 1. The van der Waals surface area contributed by atoms with Crippen LogP contribution >= 0.6 is 0 Å². The number of hydrogen-bond donors (Lipinski definition) is 0. The van der Waals surface area contributed by atoms with Gasteiger partial charge < -0.3 is 9.64 Å². The molecule has 7 heteroatoms. The Morgan fingerprint density at radius 3 is 2.29 bits per heavy atom. The van der Waals surface area contributed by atoms with Crippen LogP contribution in [0.3, 0.4) is 0 Å². The molecule has 1 aromatic heterocycles. The van der Waals surface area contributed by atoms with E-state index in [0.29, 0.717) is 13.2 Å². The molecule has 0 unspecified atom stereocenters. The monoisotopic (exact) mass is 435 g/mol. The SMILES string of the molecule is O=S(=O)(c1ccccc1)c1cc(-c2cnc(CC3CC3)nc2)cc(N2CCOCC2)c1. The molecule has 0 N–H and O–H groups in total. The molecule has 3 aromatic rings. The first-order valence-corrected chi connectivity index (χ1v) is 12.2. The maximum Gasteiger partial charge on any atom is 0.206 e. The van der Waals surface area contributed by atoms with Crippen LogP contribution in [0.25, 0.3) is 11.1 Å². The largest absolute Gasteiger partial charge is 0.378 e. The Morgan fingerprint density at radius 2 is 1.61 bits per heavy atom.